The van der Waals surface area contributed by atoms with Gasteiger partial charge in [-0.2, -0.15) is 0 Å². The molecule has 0 unspecified atom stereocenters. The first-order valence-corrected chi connectivity index (χ1v) is 6.67. The smallest absolute Gasteiger partial charge is 0.319 e. The summed E-state index contributed by atoms with van der Waals surface area (Å²) >= 11 is 0. The van der Waals surface area contributed by atoms with E-state index in [9.17, 15) is 4.79 Å². The number of hydrogen-bond acceptors (Lipinski definition) is 3. The Morgan fingerprint density at radius 3 is 2.84 bits per heavy atom. The van der Waals surface area contributed by atoms with Gasteiger partial charge in [0.2, 0.25) is 0 Å². The number of hydrogen-bond donors (Lipinski definition) is 2. The van der Waals surface area contributed by atoms with Gasteiger partial charge in [0.25, 0.3) is 0 Å². The third kappa shape index (κ3) is 2.20. The third-order valence-electron chi connectivity index (χ3n) is 3.31. The Kier molecular flexibility index (Phi) is 2.97. The number of nitrogens with one attached hydrogen (secondary N) is 2. The number of fused-ring (bicyclic) bond motifs is 2. The molecule has 1 aromatic carbocycles. The molecule has 5 heteroatoms. The fourth-order valence-electron chi connectivity index (χ4n) is 2.53. The first kappa shape index (κ1) is 12.1. The van der Waals surface area contributed by atoms with E-state index in [4.69, 9.17) is 9.47 Å². The van der Waals surface area contributed by atoms with Crippen LogP contribution in [0.3, 0.4) is 0 Å². The van der Waals surface area contributed by atoms with Crippen LogP contribution < -0.4 is 20.1 Å². The van der Waals surface area contributed by atoms with Crippen LogP contribution in [0, 0.1) is 0 Å². The van der Waals surface area contributed by atoms with Crippen LogP contribution in [-0.4, -0.2) is 25.3 Å². The lowest BCUT2D eigenvalue weighted by atomic mass is 10.0. The van der Waals surface area contributed by atoms with E-state index >= 15 is 0 Å². The van der Waals surface area contributed by atoms with Crippen molar-refractivity contribution in [1.29, 1.82) is 0 Å². The summed E-state index contributed by atoms with van der Waals surface area (Å²) in [5.74, 6) is 1.69. The average Bonchev–Trinajstić information content (AvgIpc) is 2.94. The number of ether oxygens (including phenoxy) is 2. The van der Waals surface area contributed by atoms with E-state index < -0.39 is 0 Å². The molecule has 2 aliphatic rings. The third-order valence-corrected chi connectivity index (χ3v) is 3.31. The first-order valence-electron chi connectivity index (χ1n) is 6.67. The Hall–Kier alpha value is -1.91. The van der Waals surface area contributed by atoms with Crippen LogP contribution in [0.25, 0.3) is 0 Å². The lowest BCUT2D eigenvalue weighted by Crippen LogP contribution is -2.34. The predicted octanol–water partition coefficient (Wildman–Crippen LogP) is 2.09. The quantitative estimate of drug-likeness (QED) is 0.858. The molecule has 0 radical (unpaired) electrons. The minimum Gasteiger partial charge on any atom is -0.493 e. The maximum Gasteiger partial charge on any atom is 0.319 e. The Morgan fingerprint density at radius 2 is 2.05 bits per heavy atom. The number of anilines is 1. The van der Waals surface area contributed by atoms with Gasteiger partial charge in [-0.3, -0.25) is 0 Å². The fraction of sp³-hybridized carbons (Fsp3) is 0.500. The minimum absolute atomic E-state index is 0.0991. The largest absolute Gasteiger partial charge is 0.493 e. The maximum atomic E-state index is 11.9. The Bertz CT molecular complexity index is 494. The molecule has 2 amide bonds. The highest BCUT2D eigenvalue weighted by molar-refractivity contribution is 5.93. The monoisotopic (exact) mass is 262 g/mol. The molecule has 2 aliphatic heterocycles. The number of benzene rings is 1. The van der Waals surface area contributed by atoms with Crippen molar-refractivity contribution < 1.29 is 14.3 Å². The van der Waals surface area contributed by atoms with Crippen molar-refractivity contribution in [2.45, 2.75) is 32.7 Å². The highest BCUT2D eigenvalue weighted by Crippen LogP contribution is 2.44. The van der Waals surface area contributed by atoms with Gasteiger partial charge >= 0.3 is 6.03 Å². The van der Waals surface area contributed by atoms with E-state index in [2.05, 4.69) is 10.6 Å². The second kappa shape index (κ2) is 4.64. The molecule has 0 spiro atoms. The molecule has 0 fully saturated rings. The zero-order chi connectivity index (χ0) is 13.4. The van der Waals surface area contributed by atoms with Gasteiger partial charge in [-0.15, -0.1) is 0 Å². The average molecular weight is 262 g/mol. The van der Waals surface area contributed by atoms with E-state index in [-0.39, 0.29) is 12.1 Å². The van der Waals surface area contributed by atoms with Crippen LogP contribution in [0.4, 0.5) is 10.5 Å². The van der Waals surface area contributed by atoms with Crippen molar-refractivity contribution in [2.75, 3.05) is 18.5 Å². The molecule has 2 N–H and O–H groups in total. The topological polar surface area (TPSA) is 59.6 Å². The van der Waals surface area contributed by atoms with E-state index in [1.807, 2.05) is 19.9 Å². The summed E-state index contributed by atoms with van der Waals surface area (Å²) in [5.41, 5.74) is 2.93. The van der Waals surface area contributed by atoms with Crippen LogP contribution in [0.1, 0.15) is 25.0 Å². The van der Waals surface area contributed by atoms with Gasteiger partial charge in [0.05, 0.1) is 18.9 Å². The van der Waals surface area contributed by atoms with Crippen LogP contribution >= 0.6 is 0 Å². The number of rotatable bonds is 2. The minimum atomic E-state index is -0.201. The summed E-state index contributed by atoms with van der Waals surface area (Å²) < 4.78 is 11.3. The van der Waals surface area contributed by atoms with Crippen LogP contribution in [0.2, 0.25) is 0 Å². The lowest BCUT2D eigenvalue weighted by molar-refractivity contribution is 0.250. The number of carbonyl (C=O) groups excluding carboxylic acids is 1. The molecule has 0 saturated carbocycles. The highest BCUT2D eigenvalue weighted by Gasteiger charge is 2.27. The summed E-state index contributed by atoms with van der Waals surface area (Å²) in [7, 11) is 0. The molecule has 5 nitrogen and oxygen atoms in total. The molecule has 2 heterocycles. The Morgan fingerprint density at radius 1 is 1.26 bits per heavy atom. The normalized spacial score (nSPS) is 15.5. The molecular weight excluding hydrogens is 244 g/mol. The van der Waals surface area contributed by atoms with Crippen molar-refractivity contribution >= 4 is 11.7 Å². The standard InChI is InChI=1S/C14H18N2O3/c1-8(2)15-14(17)16-12-10-4-6-18-11(10)7-9-3-5-19-13(9)12/h7-8H,3-6H2,1-2H3,(H2,15,16,17). The van der Waals surface area contributed by atoms with Gasteiger partial charge in [-0.25, -0.2) is 4.79 Å². The van der Waals surface area contributed by atoms with Gasteiger partial charge in [0.15, 0.2) is 0 Å². The van der Waals surface area contributed by atoms with E-state index in [0.717, 1.165) is 41.2 Å². The summed E-state index contributed by atoms with van der Waals surface area (Å²) in [6.45, 7) is 5.19. The van der Waals surface area contributed by atoms with Crippen molar-refractivity contribution in [3.63, 3.8) is 0 Å². The second-order valence-electron chi connectivity index (χ2n) is 5.17. The molecule has 1 aromatic rings. The predicted molar refractivity (Wildman–Crippen MR) is 72.1 cm³/mol. The molecule has 102 valence electrons. The molecule has 0 aliphatic carbocycles. The van der Waals surface area contributed by atoms with Crippen LogP contribution in [0.15, 0.2) is 6.07 Å². The zero-order valence-corrected chi connectivity index (χ0v) is 11.2. The van der Waals surface area contributed by atoms with E-state index in [1.165, 1.54) is 0 Å². The summed E-state index contributed by atoms with van der Waals surface area (Å²) in [6.07, 6.45) is 1.68. The molecular formula is C14H18N2O3. The van der Waals surface area contributed by atoms with Crippen molar-refractivity contribution in [3.8, 4) is 11.5 Å². The van der Waals surface area contributed by atoms with Gasteiger partial charge < -0.3 is 20.1 Å². The van der Waals surface area contributed by atoms with Crippen molar-refractivity contribution in [2.24, 2.45) is 0 Å². The number of amides is 2. The van der Waals surface area contributed by atoms with Crippen molar-refractivity contribution in [3.05, 3.63) is 17.2 Å². The maximum absolute atomic E-state index is 11.9. The van der Waals surface area contributed by atoms with E-state index in [0.29, 0.717) is 13.2 Å². The summed E-state index contributed by atoms with van der Waals surface area (Å²) in [5, 5.41) is 5.75. The highest BCUT2D eigenvalue weighted by atomic mass is 16.5. The summed E-state index contributed by atoms with van der Waals surface area (Å²) in [6, 6.07) is 1.94. The number of carbonyl (C=O) groups is 1. The molecule has 0 bridgehead atoms. The molecule has 0 saturated heterocycles. The Balaban J connectivity index is 1.94. The first-order chi connectivity index (χ1) is 9.15. The molecule has 19 heavy (non-hydrogen) atoms. The van der Waals surface area contributed by atoms with Gasteiger partial charge in [0.1, 0.15) is 11.5 Å². The molecule has 0 aromatic heterocycles. The van der Waals surface area contributed by atoms with E-state index in [1.54, 1.807) is 0 Å². The summed E-state index contributed by atoms with van der Waals surface area (Å²) in [4.78, 5) is 11.9. The second-order valence-corrected chi connectivity index (χ2v) is 5.17. The molecule has 0 atom stereocenters. The lowest BCUT2D eigenvalue weighted by Gasteiger charge is -2.15. The molecule has 3 rings (SSSR count). The SMILES string of the molecule is CC(C)NC(=O)Nc1c2c(cc3c1OCC3)OCC2. The van der Waals surface area contributed by atoms with Crippen LogP contribution in [-0.2, 0) is 12.8 Å². The zero-order valence-electron chi connectivity index (χ0n) is 11.2. The van der Waals surface area contributed by atoms with Gasteiger partial charge in [-0.1, -0.05) is 0 Å². The van der Waals surface area contributed by atoms with Gasteiger partial charge in [-0.05, 0) is 19.9 Å². The van der Waals surface area contributed by atoms with Crippen molar-refractivity contribution in [1.82, 2.24) is 5.32 Å². The fourth-order valence-corrected chi connectivity index (χ4v) is 2.53. The van der Waals surface area contributed by atoms with Gasteiger partial charge in [0, 0.05) is 30.0 Å². The number of urea groups is 1. The Labute approximate surface area is 112 Å². The van der Waals surface area contributed by atoms with Crippen LogP contribution in [0.5, 0.6) is 11.5 Å².